The third-order valence-corrected chi connectivity index (χ3v) is 7.07. The van der Waals surface area contributed by atoms with Crippen molar-refractivity contribution in [3.05, 3.63) is 54.3 Å². The van der Waals surface area contributed by atoms with Gasteiger partial charge in [0, 0.05) is 17.0 Å². The van der Waals surface area contributed by atoms with Crippen molar-refractivity contribution >= 4 is 33.4 Å². The maximum absolute atomic E-state index is 13.3. The van der Waals surface area contributed by atoms with Gasteiger partial charge in [-0.05, 0) is 48.5 Å². The summed E-state index contributed by atoms with van der Waals surface area (Å²) in [7, 11) is -2.57. The number of amides is 1. The van der Waals surface area contributed by atoms with Gasteiger partial charge in [0.25, 0.3) is 10.0 Å². The van der Waals surface area contributed by atoms with Gasteiger partial charge in [-0.3, -0.25) is 9.10 Å². The molecule has 0 aliphatic heterocycles. The summed E-state index contributed by atoms with van der Waals surface area (Å²) in [4.78, 5) is 12.4. The molecule has 2 aromatic carbocycles. The summed E-state index contributed by atoms with van der Waals surface area (Å²) in [6.07, 6.45) is 0. The number of anilines is 1. The van der Waals surface area contributed by atoms with E-state index in [2.05, 4.69) is 26.1 Å². The van der Waals surface area contributed by atoms with Crippen LogP contribution in [-0.4, -0.2) is 45.0 Å². The highest BCUT2D eigenvalue weighted by atomic mass is 32.2. The molecule has 2 rings (SSSR count). The Morgan fingerprint density at radius 2 is 1.70 bits per heavy atom. The number of hydrogen-bond donors (Lipinski definition) is 1. The lowest BCUT2D eigenvalue weighted by Gasteiger charge is -2.24. The molecule has 0 saturated heterocycles. The SMILES string of the molecule is COc1ccc(N(CC(=O)NCCSC(C)(C)C)S(=O)(=O)c2ccc(F)cc2)cc1. The van der Waals surface area contributed by atoms with Gasteiger partial charge in [0.2, 0.25) is 5.91 Å². The molecule has 30 heavy (non-hydrogen) atoms. The Balaban J connectivity index is 2.23. The minimum absolute atomic E-state index is 0.0752. The Bertz CT molecular complexity index is 940. The van der Waals surface area contributed by atoms with Crippen LogP contribution in [0, 0.1) is 5.82 Å². The summed E-state index contributed by atoms with van der Waals surface area (Å²) in [6, 6.07) is 10.8. The second-order valence-electron chi connectivity index (χ2n) is 7.47. The zero-order valence-electron chi connectivity index (χ0n) is 17.5. The summed E-state index contributed by atoms with van der Waals surface area (Å²) >= 11 is 1.70. The van der Waals surface area contributed by atoms with E-state index in [9.17, 15) is 17.6 Å². The molecule has 0 atom stereocenters. The number of benzene rings is 2. The van der Waals surface area contributed by atoms with Crippen LogP contribution in [0.4, 0.5) is 10.1 Å². The molecular weight excluding hydrogens is 427 g/mol. The first-order valence-electron chi connectivity index (χ1n) is 9.36. The number of methoxy groups -OCH3 is 1. The van der Waals surface area contributed by atoms with E-state index in [1.807, 2.05) is 0 Å². The van der Waals surface area contributed by atoms with E-state index in [0.717, 1.165) is 16.4 Å². The summed E-state index contributed by atoms with van der Waals surface area (Å²) in [5.74, 6) is 0.300. The van der Waals surface area contributed by atoms with Gasteiger partial charge in [-0.1, -0.05) is 20.8 Å². The van der Waals surface area contributed by atoms with Gasteiger partial charge in [-0.15, -0.1) is 0 Å². The van der Waals surface area contributed by atoms with Crippen LogP contribution in [0.3, 0.4) is 0 Å². The lowest BCUT2D eigenvalue weighted by atomic mass is 10.3. The smallest absolute Gasteiger partial charge is 0.264 e. The Morgan fingerprint density at radius 1 is 1.10 bits per heavy atom. The Morgan fingerprint density at radius 3 is 2.23 bits per heavy atom. The lowest BCUT2D eigenvalue weighted by Crippen LogP contribution is -2.41. The van der Waals surface area contributed by atoms with Crippen LogP contribution in [-0.2, 0) is 14.8 Å². The van der Waals surface area contributed by atoms with E-state index in [0.29, 0.717) is 23.7 Å². The van der Waals surface area contributed by atoms with Crippen LogP contribution in [0.15, 0.2) is 53.4 Å². The molecule has 1 N–H and O–H groups in total. The molecule has 0 aliphatic carbocycles. The fourth-order valence-corrected chi connectivity index (χ4v) is 4.77. The topological polar surface area (TPSA) is 75.7 Å². The molecule has 2 aromatic rings. The van der Waals surface area contributed by atoms with Crippen molar-refractivity contribution in [2.75, 3.05) is 30.3 Å². The second kappa shape index (κ2) is 10.2. The number of hydrogen-bond acceptors (Lipinski definition) is 5. The van der Waals surface area contributed by atoms with Gasteiger partial charge >= 0.3 is 0 Å². The molecule has 0 saturated carbocycles. The molecule has 0 radical (unpaired) electrons. The molecule has 0 aliphatic rings. The highest BCUT2D eigenvalue weighted by Crippen LogP contribution is 2.26. The highest BCUT2D eigenvalue weighted by molar-refractivity contribution is 8.00. The van der Waals surface area contributed by atoms with Crippen LogP contribution >= 0.6 is 11.8 Å². The normalized spacial score (nSPS) is 11.8. The third kappa shape index (κ3) is 6.91. The van der Waals surface area contributed by atoms with E-state index in [-0.39, 0.29) is 9.64 Å². The fraction of sp³-hybridized carbons (Fsp3) is 0.381. The fourth-order valence-electron chi connectivity index (χ4n) is 2.53. The van der Waals surface area contributed by atoms with Crippen molar-refractivity contribution < 1.29 is 22.3 Å². The van der Waals surface area contributed by atoms with Crippen LogP contribution in [0.5, 0.6) is 5.75 Å². The molecule has 0 bridgehead atoms. The number of ether oxygens (including phenoxy) is 1. The van der Waals surface area contributed by atoms with Gasteiger partial charge in [0.15, 0.2) is 0 Å². The third-order valence-electron chi connectivity index (χ3n) is 4.01. The number of rotatable bonds is 9. The van der Waals surface area contributed by atoms with Crippen molar-refractivity contribution in [3.63, 3.8) is 0 Å². The zero-order chi connectivity index (χ0) is 22.4. The monoisotopic (exact) mass is 454 g/mol. The average Bonchev–Trinajstić information content (AvgIpc) is 2.69. The Hall–Kier alpha value is -2.26. The minimum atomic E-state index is -4.08. The number of halogens is 1. The summed E-state index contributed by atoms with van der Waals surface area (Å²) in [5.41, 5.74) is 0.305. The summed E-state index contributed by atoms with van der Waals surface area (Å²) < 4.78 is 45.8. The molecule has 6 nitrogen and oxygen atoms in total. The summed E-state index contributed by atoms with van der Waals surface area (Å²) in [5, 5.41) is 2.76. The van der Waals surface area contributed by atoms with E-state index in [1.165, 1.54) is 19.2 Å². The van der Waals surface area contributed by atoms with Gasteiger partial charge in [-0.25, -0.2) is 12.8 Å². The molecule has 0 spiro atoms. The Kier molecular flexibility index (Phi) is 8.14. The van der Waals surface area contributed by atoms with Crippen molar-refractivity contribution in [3.8, 4) is 5.75 Å². The first-order valence-corrected chi connectivity index (χ1v) is 11.8. The van der Waals surface area contributed by atoms with E-state index < -0.39 is 28.3 Å². The van der Waals surface area contributed by atoms with Crippen LogP contribution < -0.4 is 14.4 Å². The standard InChI is InChI=1S/C21H27FN2O4S2/c1-21(2,3)29-14-13-23-20(25)15-24(17-7-9-18(28-4)10-8-17)30(26,27)19-11-5-16(22)6-12-19/h5-12H,13-15H2,1-4H3,(H,23,25). The molecule has 1 amide bonds. The number of thioether (sulfide) groups is 1. The van der Waals surface area contributed by atoms with Crippen molar-refractivity contribution in [1.29, 1.82) is 0 Å². The van der Waals surface area contributed by atoms with Crippen LogP contribution in [0.2, 0.25) is 0 Å². The zero-order valence-corrected chi connectivity index (χ0v) is 19.1. The average molecular weight is 455 g/mol. The van der Waals surface area contributed by atoms with Gasteiger partial charge in [0.1, 0.15) is 18.1 Å². The molecule has 164 valence electrons. The van der Waals surface area contributed by atoms with E-state index in [1.54, 1.807) is 36.0 Å². The number of sulfonamides is 1. The van der Waals surface area contributed by atoms with Crippen molar-refractivity contribution in [2.24, 2.45) is 0 Å². The predicted octanol–water partition coefficient (Wildman–Crippen LogP) is 3.68. The predicted molar refractivity (Wildman–Crippen MR) is 119 cm³/mol. The van der Waals surface area contributed by atoms with E-state index in [4.69, 9.17) is 4.74 Å². The molecule has 9 heteroatoms. The van der Waals surface area contributed by atoms with Gasteiger partial charge in [-0.2, -0.15) is 11.8 Å². The quantitative estimate of drug-likeness (QED) is 0.585. The number of nitrogens with one attached hydrogen (secondary N) is 1. The maximum atomic E-state index is 13.3. The highest BCUT2D eigenvalue weighted by Gasteiger charge is 2.27. The first kappa shape index (κ1) is 24.0. The van der Waals surface area contributed by atoms with Crippen molar-refractivity contribution in [1.82, 2.24) is 5.32 Å². The second-order valence-corrected chi connectivity index (χ2v) is 11.3. The molecule has 0 unspecified atom stereocenters. The number of nitrogens with zero attached hydrogens (tertiary/aromatic N) is 1. The minimum Gasteiger partial charge on any atom is -0.497 e. The lowest BCUT2D eigenvalue weighted by molar-refractivity contribution is -0.119. The summed E-state index contributed by atoms with van der Waals surface area (Å²) in [6.45, 7) is 6.28. The van der Waals surface area contributed by atoms with Gasteiger partial charge in [0.05, 0.1) is 17.7 Å². The first-order chi connectivity index (χ1) is 14.0. The molecule has 0 aromatic heterocycles. The largest absolute Gasteiger partial charge is 0.497 e. The van der Waals surface area contributed by atoms with Crippen LogP contribution in [0.25, 0.3) is 0 Å². The molecular formula is C21H27FN2O4S2. The van der Waals surface area contributed by atoms with Crippen molar-refractivity contribution in [2.45, 2.75) is 30.4 Å². The number of carbonyl (C=O) groups excluding carboxylic acids is 1. The maximum Gasteiger partial charge on any atom is 0.264 e. The number of carbonyl (C=O) groups is 1. The van der Waals surface area contributed by atoms with E-state index >= 15 is 0 Å². The molecule has 0 heterocycles. The molecule has 0 fully saturated rings. The van der Waals surface area contributed by atoms with Crippen LogP contribution in [0.1, 0.15) is 20.8 Å². The Labute approximate surface area is 181 Å². The van der Waals surface area contributed by atoms with Gasteiger partial charge < -0.3 is 10.1 Å².